The summed E-state index contributed by atoms with van der Waals surface area (Å²) in [6.45, 7) is 3.45. The Morgan fingerprint density at radius 2 is 1.62 bits per heavy atom. The van der Waals surface area contributed by atoms with Gasteiger partial charge >= 0.3 is 5.97 Å². The maximum Gasteiger partial charge on any atom is 0.339 e. The molecule has 1 saturated carbocycles. The Bertz CT molecular complexity index is 1730. The lowest BCUT2D eigenvalue weighted by Crippen LogP contribution is -2.30. The second-order valence-corrected chi connectivity index (χ2v) is 11.5. The highest BCUT2D eigenvalue weighted by Crippen LogP contribution is 2.40. The molecule has 2 fully saturated rings. The number of halogens is 1. The SMILES string of the molecule is Cc1ccc2nc(-c3ccc(N4C(=O)[C@@H]5CCCC[C@H]5C4=O)cc3)cc(C(=O)O[C@H](C)C(=O)c3cccc(Cl)c3)c2c1. The maximum atomic E-state index is 13.5. The molecule has 1 aliphatic carbocycles. The molecule has 42 heavy (non-hydrogen) atoms. The Kier molecular flexibility index (Phi) is 7.37. The van der Waals surface area contributed by atoms with E-state index < -0.39 is 12.1 Å². The summed E-state index contributed by atoms with van der Waals surface area (Å²) in [5, 5.41) is 1.03. The van der Waals surface area contributed by atoms with Crippen molar-refractivity contribution < 1.29 is 23.9 Å². The summed E-state index contributed by atoms with van der Waals surface area (Å²) in [5.41, 5.74) is 3.93. The maximum absolute atomic E-state index is 13.5. The second-order valence-electron chi connectivity index (χ2n) is 11.1. The number of esters is 1. The molecule has 6 rings (SSSR count). The first-order chi connectivity index (χ1) is 20.2. The van der Waals surface area contributed by atoms with Gasteiger partial charge in [-0.2, -0.15) is 0 Å². The van der Waals surface area contributed by atoms with Crippen molar-refractivity contribution in [3.05, 3.63) is 94.5 Å². The zero-order valence-electron chi connectivity index (χ0n) is 23.3. The Morgan fingerprint density at radius 3 is 2.29 bits per heavy atom. The third-order valence-corrected chi connectivity index (χ3v) is 8.44. The number of Topliss-reactive ketones (excluding diaryl/α,β-unsaturated/α-hetero) is 1. The number of hydrogen-bond acceptors (Lipinski definition) is 6. The zero-order chi connectivity index (χ0) is 29.5. The van der Waals surface area contributed by atoms with Gasteiger partial charge in [-0.3, -0.25) is 19.3 Å². The van der Waals surface area contributed by atoms with Crippen LogP contribution < -0.4 is 4.90 Å². The smallest absolute Gasteiger partial charge is 0.339 e. The molecule has 1 saturated heterocycles. The highest BCUT2D eigenvalue weighted by Gasteiger charge is 2.48. The molecule has 1 aliphatic heterocycles. The fourth-order valence-corrected chi connectivity index (χ4v) is 6.20. The Morgan fingerprint density at radius 1 is 0.929 bits per heavy atom. The number of carbonyl (C=O) groups is 4. The molecule has 3 aromatic carbocycles. The fraction of sp³-hybridized carbons (Fsp3) is 0.265. The van der Waals surface area contributed by atoms with Crippen LogP contribution in [0.15, 0.2) is 72.8 Å². The van der Waals surface area contributed by atoms with Gasteiger partial charge in [0.05, 0.1) is 34.3 Å². The number of ether oxygens (including phenoxy) is 1. The second kappa shape index (κ2) is 11.1. The van der Waals surface area contributed by atoms with E-state index in [-0.39, 0.29) is 35.0 Å². The van der Waals surface area contributed by atoms with E-state index in [1.165, 1.54) is 11.8 Å². The van der Waals surface area contributed by atoms with Crippen molar-refractivity contribution >= 4 is 51.8 Å². The summed E-state index contributed by atoms with van der Waals surface area (Å²) in [7, 11) is 0. The number of carbonyl (C=O) groups excluding carboxylic acids is 4. The summed E-state index contributed by atoms with van der Waals surface area (Å²) >= 11 is 6.04. The van der Waals surface area contributed by atoms with Crippen molar-refractivity contribution in [2.45, 2.75) is 45.6 Å². The average molecular weight is 581 g/mol. The molecule has 0 spiro atoms. The molecule has 0 bridgehead atoms. The molecule has 212 valence electrons. The topological polar surface area (TPSA) is 93.6 Å². The Labute approximate surface area is 248 Å². The van der Waals surface area contributed by atoms with Crippen molar-refractivity contribution in [2.24, 2.45) is 11.8 Å². The lowest BCUT2D eigenvalue weighted by Gasteiger charge is -2.19. The molecule has 0 unspecified atom stereocenters. The van der Waals surface area contributed by atoms with Crippen LogP contribution >= 0.6 is 11.6 Å². The van der Waals surface area contributed by atoms with E-state index in [0.717, 1.165) is 31.2 Å². The molecule has 8 heteroatoms. The normalized spacial score (nSPS) is 19.1. The highest BCUT2D eigenvalue weighted by molar-refractivity contribution is 6.31. The minimum Gasteiger partial charge on any atom is -0.451 e. The molecule has 2 amide bonds. The standard InChI is InChI=1S/C34H29ClN2O5/c1-19-10-15-29-27(16-19)28(34(41)42-20(2)31(38)22-6-5-7-23(35)17-22)18-30(36-29)21-11-13-24(14-12-21)37-32(39)25-8-3-4-9-26(25)33(37)40/h5-7,10-18,20,25-26H,3-4,8-9H2,1-2H3/t20-,25-,26-/m1/s1. The minimum atomic E-state index is -1.04. The number of aryl methyl sites for hydroxylation is 1. The van der Waals surface area contributed by atoms with Crippen molar-refractivity contribution in [1.29, 1.82) is 0 Å². The molecular formula is C34H29ClN2O5. The predicted molar refractivity (Wildman–Crippen MR) is 161 cm³/mol. The lowest BCUT2D eigenvalue weighted by atomic mass is 9.81. The summed E-state index contributed by atoms with van der Waals surface area (Å²) in [4.78, 5) is 58.6. The van der Waals surface area contributed by atoms with E-state index in [9.17, 15) is 19.2 Å². The number of hydrogen-bond donors (Lipinski definition) is 0. The minimum absolute atomic E-state index is 0.122. The molecule has 2 aliphatic rings. The number of amides is 2. The molecule has 7 nitrogen and oxygen atoms in total. The molecule has 0 N–H and O–H groups in total. The number of rotatable bonds is 6. The van der Waals surface area contributed by atoms with Crippen molar-refractivity contribution in [1.82, 2.24) is 4.98 Å². The summed E-state index contributed by atoms with van der Waals surface area (Å²) in [6, 6.07) is 20.8. The van der Waals surface area contributed by atoms with E-state index >= 15 is 0 Å². The van der Waals surface area contributed by atoms with Crippen LogP contribution in [0.25, 0.3) is 22.2 Å². The van der Waals surface area contributed by atoms with Gasteiger partial charge in [-0.15, -0.1) is 0 Å². The summed E-state index contributed by atoms with van der Waals surface area (Å²) < 4.78 is 5.65. The van der Waals surface area contributed by atoms with Gasteiger partial charge in [0.2, 0.25) is 17.6 Å². The quantitative estimate of drug-likeness (QED) is 0.139. The van der Waals surface area contributed by atoms with Crippen LogP contribution in [0, 0.1) is 18.8 Å². The van der Waals surface area contributed by atoms with E-state index in [2.05, 4.69) is 0 Å². The number of aromatic nitrogens is 1. The van der Waals surface area contributed by atoms with Gasteiger partial charge in [-0.25, -0.2) is 9.78 Å². The van der Waals surface area contributed by atoms with Crippen LogP contribution in [0.3, 0.4) is 0 Å². The van der Waals surface area contributed by atoms with Gasteiger partial charge in [-0.1, -0.05) is 60.3 Å². The number of fused-ring (bicyclic) bond motifs is 2. The van der Waals surface area contributed by atoms with Gasteiger partial charge in [0.1, 0.15) is 0 Å². The van der Waals surface area contributed by atoms with Crippen LogP contribution in [0.5, 0.6) is 0 Å². The van der Waals surface area contributed by atoms with Crippen LogP contribution in [0.1, 0.15) is 58.9 Å². The number of anilines is 1. The van der Waals surface area contributed by atoms with Crippen LogP contribution in [-0.4, -0.2) is 34.7 Å². The number of ketones is 1. The van der Waals surface area contributed by atoms with Gasteiger partial charge in [0.25, 0.3) is 0 Å². The molecule has 1 aromatic heterocycles. The molecule has 0 radical (unpaired) electrons. The Balaban J connectivity index is 1.30. The predicted octanol–water partition coefficient (Wildman–Crippen LogP) is 6.97. The largest absolute Gasteiger partial charge is 0.451 e. The summed E-state index contributed by atoms with van der Waals surface area (Å²) in [5.74, 6) is -1.70. The number of pyridine rings is 1. The fourth-order valence-electron chi connectivity index (χ4n) is 6.01. The first-order valence-corrected chi connectivity index (χ1v) is 14.5. The molecule has 2 heterocycles. The summed E-state index contributed by atoms with van der Waals surface area (Å²) in [6.07, 6.45) is 2.42. The van der Waals surface area contributed by atoms with E-state index in [4.69, 9.17) is 21.3 Å². The van der Waals surface area contributed by atoms with E-state index in [1.807, 2.05) is 25.1 Å². The first kappa shape index (κ1) is 27.8. The van der Waals surface area contributed by atoms with Gasteiger partial charge in [-0.05, 0) is 69.2 Å². The first-order valence-electron chi connectivity index (χ1n) is 14.1. The van der Waals surface area contributed by atoms with Gasteiger partial charge < -0.3 is 4.74 Å². The molecular weight excluding hydrogens is 552 g/mol. The zero-order valence-corrected chi connectivity index (χ0v) is 24.1. The van der Waals surface area contributed by atoms with Crippen molar-refractivity contribution in [3.8, 4) is 11.3 Å². The number of nitrogens with zero attached hydrogens (tertiary/aromatic N) is 2. The van der Waals surface area contributed by atoms with Crippen LogP contribution in [0.2, 0.25) is 5.02 Å². The number of imide groups is 1. The highest BCUT2D eigenvalue weighted by atomic mass is 35.5. The monoisotopic (exact) mass is 580 g/mol. The van der Waals surface area contributed by atoms with Crippen LogP contribution in [-0.2, 0) is 14.3 Å². The van der Waals surface area contributed by atoms with Gasteiger partial charge in [0, 0.05) is 21.5 Å². The van der Waals surface area contributed by atoms with E-state index in [1.54, 1.807) is 54.6 Å². The third kappa shape index (κ3) is 5.09. The van der Waals surface area contributed by atoms with Crippen LogP contribution in [0.4, 0.5) is 5.69 Å². The third-order valence-electron chi connectivity index (χ3n) is 8.21. The van der Waals surface area contributed by atoms with Gasteiger partial charge in [0.15, 0.2) is 6.10 Å². The molecule has 4 aromatic rings. The average Bonchev–Trinajstić information content (AvgIpc) is 3.25. The van der Waals surface area contributed by atoms with Crippen molar-refractivity contribution in [3.63, 3.8) is 0 Å². The van der Waals surface area contributed by atoms with E-state index in [0.29, 0.717) is 38.4 Å². The Hall–Kier alpha value is -4.36. The molecule has 3 atom stereocenters. The van der Waals surface area contributed by atoms with Crippen molar-refractivity contribution in [2.75, 3.05) is 4.90 Å². The lowest BCUT2D eigenvalue weighted by molar-refractivity contribution is -0.122. The number of benzene rings is 3.